The van der Waals surface area contributed by atoms with E-state index < -0.39 is 11.6 Å². The van der Waals surface area contributed by atoms with Crippen molar-refractivity contribution in [3.63, 3.8) is 0 Å². The number of esters is 1. The van der Waals surface area contributed by atoms with E-state index in [0.29, 0.717) is 11.5 Å². The number of allylic oxidation sites excluding steroid dienone is 1. The summed E-state index contributed by atoms with van der Waals surface area (Å²) >= 11 is 3.42. The number of Topliss-reactive ketones (excluding diaryl/α,β-unsaturated/α-hetero) is 1. The van der Waals surface area contributed by atoms with Gasteiger partial charge < -0.3 is 9.84 Å². The molecule has 2 heterocycles. The van der Waals surface area contributed by atoms with Crippen molar-refractivity contribution in [3.8, 4) is 0 Å². The molecule has 0 atom stereocenters. The molecule has 0 aliphatic carbocycles. The van der Waals surface area contributed by atoms with E-state index in [1.54, 1.807) is 30.4 Å². The van der Waals surface area contributed by atoms with Gasteiger partial charge in [-0.1, -0.05) is 6.92 Å². The van der Waals surface area contributed by atoms with Crippen molar-refractivity contribution in [2.24, 2.45) is 0 Å². The average molecular weight is 288 g/mol. The average Bonchev–Trinajstić information content (AvgIpc) is 2.53. The summed E-state index contributed by atoms with van der Waals surface area (Å²) in [5, 5.41) is 9.61. The SMILES string of the molecule is CCC(O)=C1C(=O)CC2(CSCCSC2)OC1=O. The largest absolute Gasteiger partial charge is 0.511 e. The highest BCUT2D eigenvalue weighted by molar-refractivity contribution is 8.03. The number of aliphatic hydroxyl groups excluding tert-OH is 1. The number of rotatable bonds is 1. The second-order valence-corrected chi connectivity index (χ2v) is 6.66. The number of hydrogen-bond donors (Lipinski definition) is 1. The molecule has 6 heteroatoms. The van der Waals surface area contributed by atoms with Crippen LogP contribution >= 0.6 is 23.5 Å². The minimum absolute atomic E-state index is 0.151. The Kier molecular flexibility index (Phi) is 4.27. The van der Waals surface area contributed by atoms with Crippen LogP contribution in [-0.2, 0) is 14.3 Å². The van der Waals surface area contributed by atoms with E-state index in [-0.39, 0.29) is 30.0 Å². The minimum Gasteiger partial charge on any atom is -0.511 e. The van der Waals surface area contributed by atoms with Crippen molar-refractivity contribution < 1.29 is 19.4 Å². The Hall–Kier alpha value is -0.620. The van der Waals surface area contributed by atoms with Gasteiger partial charge >= 0.3 is 5.97 Å². The van der Waals surface area contributed by atoms with Crippen molar-refractivity contribution in [2.75, 3.05) is 23.0 Å². The Balaban J connectivity index is 2.23. The molecule has 18 heavy (non-hydrogen) atoms. The van der Waals surface area contributed by atoms with Gasteiger partial charge in [0.15, 0.2) is 5.78 Å². The third-order valence-electron chi connectivity index (χ3n) is 3.00. The van der Waals surface area contributed by atoms with E-state index in [1.807, 2.05) is 0 Å². The van der Waals surface area contributed by atoms with Gasteiger partial charge in [-0.15, -0.1) is 0 Å². The Labute approximate surface area is 115 Å². The summed E-state index contributed by atoms with van der Waals surface area (Å²) in [4.78, 5) is 24.0. The Morgan fingerprint density at radius 1 is 1.33 bits per heavy atom. The number of ether oxygens (including phenoxy) is 1. The smallest absolute Gasteiger partial charge is 0.345 e. The number of carbonyl (C=O) groups is 2. The quantitative estimate of drug-likeness (QED) is 0.344. The van der Waals surface area contributed by atoms with Crippen LogP contribution in [0.3, 0.4) is 0 Å². The topological polar surface area (TPSA) is 63.6 Å². The molecular weight excluding hydrogens is 272 g/mol. The van der Waals surface area contributed by atoms with Crippen molar-refractivity contribution in [1.29, 1.82) is 0 Å². The zero-order valence-electron chi connectivity index (χ0n) is 10.2. The predicted molar refractivity (Wildman–Crippen MR) is 73.0 cm³/mol. The molecule has 0 unspecified atom stereocenters. The van der Waals surface area contributed by atoms with E-state index in [9.17, 15) is 14.7 Å². The molecule has 0 saturated carbocycles. The van der Waals surface area contributed by atoms with Crippen LogP contribution in [0.1, 0.15) is 19.8 Å². The summed E-state index contributed by atoms with van der Waals surface area (Å²) in [7, 11) is 0. The van der Waals surface area contributed by atoms with Crippen LogP contribution in [0.25, 0.3) is 0 Å². The molecule has 2 rings (SSSR count). The van der Waals surface area contributed by atoms with E-state index in [0.717, 1.165) is 11.5 Å². The standard InChI is InChI=1S/C12H16O4S2/c1-2-8(13)10-9(14)5-12(16-11(10)15)6-17-3-4-18-7-12/h13H,2-7H2,1H3. The first-order chi connectivity index (χ1) is 8.58. The summed E-state index contributed by atoms with van der Waals surface area (Å²) in [5.74, 6) is 2.26. The van der Waals surface area contributed by atoms with Crippen LogP contribution < -0.4 is 0 Å². The van der Waals surface area contributed by atoms with Crippen molar-refractivity contribution in [2.45, 2.75) is 25.4 Å². The zero-order valence-corrected chi connectivity index (χ0v) is 11.9. The van der Waals surface area contributed by atoms with Crippen LogP contribution in [-0.4, -0.2) is 45.5 Å². The summed E-state index contributed by atoms with van der Waals surface area (Å²) in [6, 6.07) is 0. The lowest BCUT2D eigenvalue weighted by Crippen LogP contribution is -2.48. The second kappa shape index (κ2) is 5.57. The monoisotopic (exact) mass is 288 g/mol. The summed E-state index contributed by atoms with van der Waals surface area (Å²) in [6.07, 6.45) is 0.463. The fourth-order valence-corrected chi connectivity index (χ4v) is 4.70. The van der Waals surface area contributed by atoms with Gasteiger partial charge in [0.2, 0.25) is 0 Å². The third-order valence-corrected chi connectivity index (χ3v) is 5.71. The lowest BCUT2D eigenvalue weighted by Gasteiger charge is -2.35. The molecule has 2 aliphatic rings. The number of thioether (sulfide) groups is 2. The lowest BCUT2D eigenvalue weighted by atomic mass is 9.92. The van der Waals surface area contributed by atoms with Crippen molar-refractivity contribution in [1.82, 2.24) is 0 Å². The van der Waals surface area contributed by atoms with Gasteiger partial charge in [-0.05, 0) is 0 Å². The minimum atomic E-state index is -0.669. The maximum absolute atomic E-state index is 12.1. The first-order valence-electron chi connectivity index (χ1n) is 5.92. The molecule has 2 saturated heterocycles. The maximum atomic E-state index is 12.1. The van der Waals surface area contributed by atoms with E-state index in [4.69, 9.17) is 4.74 Å². The summed E-state index contributed by atoms with van der Waals surface area (Å²) in [6.45, 7) is 1.70. The molecule has 1 spiro atoms. The van der Waals surface area contributed by atoms with E-state index in [2.05, 4.69) is 0 Å². The first kappa shape index (κ1) is 13.8. The first-order valence-corrected chi connectivity index (χ1v) is 8.23. The second-order valence-electron chi connectivity index (χ2n) is 4.45. The maximum Gasteiger partial charge on any atom is 0.345 e. The van der Waals surface area contributed by atoms with Gasteiger partial charge in [0.05, 0.1) is 6.42 Å². The van der Waals surface area contributed by atoms with Gasteiger partial charge in [0, 0.05) is 29.4 Å². The molecule has 1 N–H and O–H groups in total. The molecule has 2 fully saturated rings. The van der Waals surface area contributed by atoms with E-state index >= 15 is 0 Å². The molecule has 0 aromatic heterocycles. The van der Waals surface area contributed by atoms with Gasteiger partial charge in [0.1, 0.15) is 16.9 Å². The molecule has 100 valence electrons. The highest BCUT2D eigenvalue weighted by Gasteiger charge is 2.45. The summed E-state index contributed by atoms with van der Waals surface area (Å²) in [5.41, 5.74) is -0.820. The lowest BCUT2D eigenvalue weighted by molar-refractivity contribution is -0.158. The molecule has 0 bridgehead atoms. The molecule has 0 amide bonds. The molecule has 0 aromatic rings. The normalized spacial score (nSPS) is 26.7. The van der Waals surface area contributed by atoms with Crippen LogP contribution in [0.4, 0.5) is 0 Å². The van der Waals surface area contributed by atoms with Crippen molar-refractivity contribution >= 4 is 35.3 Å². The Bertz CT molecular complexity index is 373. The van der Waals surface area contributed by atoms with Gasteiger partial charge in [0.25, 0.3) is 0 Å². The van der Waals surface area contributed by atoms with Crippen LogP contribution in [0.5, 0.6) is 0 Å². The molecule has 0 aromatic carbocycles. The Morgan fingerprint density at radius 2 is 1.94 bits per heavy atom. The van der Waals surface area contributed by atoms with Crippen molar-refractivity contribution in [3.05, 3.63) is 11.3 Å². The van der Waals surface area contributed by atoms with E-state index in [1.165, 1.54) is 0 Å². The van der Waals surface area contributed by atoms with Crippen LogP contribution in [0.15, 0.2) is 11.3 Å². The highest BCUT2D eigenvalue weighted by Crippen LogP contribution is 2.36. The molecule has 0 radical (unpaired) electrons. The third kappa shape index (κ3) is 2.69. The molecule has 2 aliphatic heterocycles. The number of aliphatic hydroxyl groups is 1. The fraction of sp³-hybridized carbons (Fsp3) is 0.667. The van der Waals surface area contributed by atoms with Gasteiger partial charge in [-0.25, -0.2) is 4.79 Å². The molecular formula is C12H16O4S2. The van der Waals surface area contributed by atoms with Gasteiger partial charge in [-0.2, -0.15) is 23.5 Å². The highest BCUT2D eigenvalue weighted by atomic mass is 32.2. The number of ketones is 1. The van der Waals surface area contributed by atoms with Crippen LogP contribution in [0.2, 0.25) is 0 Å². The fourth-order valence-electron chi connectivity index (χ4n) is 2.07. The molecule has 4 nitrogen and oxygen atoms in total. The Morgan fingerprint density at radius 3 is 2.44 bits per heavy atom. The number of carbonyl (C=O) groups excluding carboxylic acids is 2. The van der Waals surface area contributed by atoms with Crippen LogP contribution in [0, 0.1) is 0 Å². The number of hydrogen-bond acceptors (Lipinski definition) is 6. The predicted octanol–water partition coefficient (Wildman–Crippen LogP) is 1.94. The summed E-state index contributed by atoms with van der Waals surface area (Å²) < 4.78 is 5.48. The zero-order chi connectivity index (χ0) is 13.2. The van der Waals surface area contributed by atoms with Gasteiger partial charge in [-0.3, -0.25) is 4.79 Å².